The minimum Gasteiger partial charge on any atom is -0.325 e. The Balaban J connectivity index is 1.67. The molecule has 10 heteroatoms. The molecule has 0 aliphatic heterocycles. The number of anilines is 1. The topological polar surface area (TPSA) is 116 Å². The second kappa shape index (κ2) is 7.96. The van der Waals surface area contributed by atoms with Gasteiger partial charge in [0.15, 0.2) is 0 Å². The van der Waals surface area contributed by atoms with Crippen molar-refractivity contribution in [2.24, 2.45) is 0 Å². The first-order chi connectivity index (χ1) is 13.0. The minimum atomic E-state index is -0.472. The fraction of sp³-hybridized carbons (Fsp3) is 0.176. The van der Waals surface area contributed by atoms with E-state index < -0.39 is 4.92 Å². The number of nitro groups is 1. The lowest BCUT2D eigenvalue weighted by Gasteiger charge is -2.09. The average Bonchev–Trinajstić information content (AvgIpc) is 3.10. The van der Waals surface area contributed by atoms with Crippen molar-refractivity contribution in [3.8, 4) is 5.69 Å². The molecule has 0 saturated heterocycles. The van der Waals surface area contributed by atoms with Crippen LogP contribution >= 0.6 is 11.8 Å². The highest BCUT2D eigenvalue weighted by atomic mass is 32.2. The quantitative estimate of drug-likeness (QED) is 0.394. The lowest BCUT2D eigenvalue weighted by Crippen LogP contribution is -2.15. The molecule has 1 amide bonds. The van der Waals surface area contributed by atoms with E-state index in [1.807, 2.05) is 31.2 Å². The lowest BCUT2D eigenvalue weighted by molar-refractivity contribution is -0.384. The van der Waals surface area contributed by atoms with Crippen molar-refractivity contribution >= 4 is 29.0 Å². The molecule has 2 aromatic carbocycles. The Bertz CT molecular complexity index is 1000. The summed E-state index contributed by atoms with van der Waals surface area (Å²) in [5, 5.41) is 25.7. The van der Waals surface area contributed by atoms with E-state index >= 15 is 0 Å². The molecule has 0 unspecified atom stereocenters. The summed E-state index contributed by atoms with van der Waals surface area (Å²) in [6.07, 6.45) is 0. The molecule has 0 spiro atoms. The van der Waals surface area contributed by atoms with Crippen molar-refractivity contribution in [3.63, 3.8) is 0 Å². The van der Waals surface area contributed by atoms with Crippen LogP contribution in [-0.4, -0.2) is 36.8 Å². The van der Waals surface area contributed by atoms with Gasteiger partial charge in [-0.15, -0.1) is 5.10 Å². The molecule has 1 heterocycles. The predicted molar refractivity (Wildman–Crippen MR) is 101 cm³/mol. The first kappa shape index (κ1) is 18.5. The molecule has 0 bridgehead atoms. The number of carbonyl (C=O) groups excluding carboxylic acids is 1. The minimum absolute atomic E-state index is 0.0164. The number of rotatable bonds is 6. The van der Waals surface area contributed by atoms with Crippen LogP contribution in [0.5, 0.6) is 0 Å². The highest BCUT2D eigenvalue weighted by molar-refractivity contribution is 7.99. The van der Waals surface area contributed by atoms with Crippen molar-refractivity contribution < 1.29 is 9.72 Å². The van der Waals surface area contributed by atoms with Crippen molar-refractivity contribution in [1.29, 1.82) is 0 Å². The number of para-hydroxylation sites is 1. The van der Waals surface area contributed by atoms with Crippen molar-refractivity contribution in [2.75, 3.05) is 11.1 Å². The monoisotopic (exact) mass is 384 g/mol. The predicted octanol–water partition coefficient (Wildman–Crippen LogP) is 2.92. The summed E-state index contributed by atoms with van der Waals surface area (Å²) >= 11 is 1.21. The number of hydrogen-bond acceptors (Lipinski definition) is 7. The van der Waals surface area contributed by atoms with E-state index in [0.29, 0.717) is 16.4 Å². The highest BCUT2D eigenvalue weighted by Gasteiger charge is 2.14. The van der Waals surface area contributed by atoms with Gasteiger partial charge in [0, 0.05) is 17.8 Å². The number of benzene rings is 2. The lowest BCUT2D eigenvalue weighted by atomic mass is 10.2. The van der Waals surface area contributed by atoms with Gasteiger partial charge in [0.25, 0.3) is 5.69 Å². The van der Waals surface area contributed by atoms with E-state index in [1.54, 1.807) is 11.6 Å². The summed E-state index contributed by atoms with van der Waals surface area (Å²) < 4.78 is 1.59. The van der Waals surface area contributed by atoms with Crippen LogP contribution < -0.4 is 5.32 Å². The van der Waals surface area contributed by atoms with Crippen molar-refractivity contribution in [1.82, 2.24) is 20.2 Å². The van der Waals surface area contributed by atoms with Crippen LogP contribution in [0.4, 0.5) is 11.4 Å². The molecule has 3 rings (SSSR count). The van der Waals surface area contributed by atoms with Gasteiger partial charge in [-0.05, 0) is 47.5 Å². The molecule has 0 saturated carbocycles. The smallest absolute Gasteiger partial charge is 0.269 e. The van der Waals surface area contributed by atoms with Crippen molar-refractivity contribution in [2.45, 2.75) is 19.0 Å². The summed E-state index contributed by atoms with van der Waals surface area (Å²) in [5.41, 5.74) is 2.99. The number of amides is 1. The number of nitrogens with zero attached hydrogens (tertiary/aromatic N) is 5. The van der Waals surface area contributed by atoms with Crippen LogP contribution in [0.25, 0.3) is 5.69 Å². The van der Waals surface area contributed by atoms with Gasteiger partial charge in [0.2, 0.25) is 11.1 Å². The number of thioether (sulfide) groups is 1. The second-order valence-corrected chi connectivity index (χ2v) is 6.70. The Morgan fingerprint density at radius 1 is 1.22 bits per heavy atom. The number of aryl methyl sites for hydroxylation is 2. The van der Waals surface area contributed by atoms with E-state index in [-0.39, 0.29) is 17.3 Å². The molecule has 138 valence electrons. The first-order valence-electron chi connectivity index (χ1n) is 7.98. The van der Waals surface area contributed by atoms with Crippen LogP contribution in [0.1, 0.15) is 11.1 Å². The van der Waals surface area contributed by atoms with Gasteiger partial charge in [-0.1, -0.05) is 30.0 Å². The fourth-order valence-electron chi connectivity index (χ4n) is 2.44. The van der Waals surface area contributed by atoms with E-state index in [4.69, 9.17) is 0 Å². The zero-order chi connectivity index (χ0) is 19.4. The second-order valence-electron chi connectivity index (χ2n) is 5.75. The van der Waals surface area contributed by atoms with Crippen LogP contribution in [0.15, 0.2) is 47.6 Å². The molecular weight excluding hydrogens is 368 g/mol. The fourth-order valence-corrected chi connectivity index (χ4v) is 3.12. The number of nitro benzene ring substituents is 1. The molecule has 0 fully saturated rings. The molecule has 1 N–H and O–H groups in total. The molecular formula is C17H16N6O3S. The van der Waals surface area contributed by atoms with Crippen molar-refractivity contribution in [3.05, 3.63) is 63.7 Å². The molecule has 9 nitrogen and oxygen atoms in total. The van der Waals surface area contributed by atoms with Gasteiger partial charge in [-0.2, -0.15) is 4.68 Å². The number of hydrogen-bond donors (Lipinski definition) is 1. The molecule has 0 aliphatic rings. The standard InChI is InChI=1S/C17H16N6O3S/c1-11-5-3-4-6-15(11)22-17(19-20-21-22)27-10-16(24)18-14-8-7-13(23(25)26)9-12(14)2/h3-9H,10H2,1-2H3,(H,18,24). The maximum atomic E-state index is 12.2. The van der Waals surface area contributed by atoms with Gasteiger partial charge < -0.3 is 5.32 Å². The van der Waals surface area contributed by atoms with Gasteiger partial charge >= 0.3 is 0 Å². The Kier molecular flexibility index (Phi) is 5.46. The van der Waals surface area contributed by atoms with Crippen LogP contribution in [0, 0.1) is 24.0 Å². The van der Waals surface area contributed by atoms with E-state index in [1.165, 1.54) is 30.0 Å². The molecule has 27 heavy (non-hydrogen) atoms. The number of nitrogens with one attached hydrogen (secondary N) is 1. The Labute approximate surface area is 158 Å². The summed E-state index contributed by atoms with van der Waals surface area (Å²) in [5.74, 6) is -0.154. The molecule has 3 aromatic rings. The maximum absolute atomic E-state index is 12.2. The maximum Gasteiger partial charge on any atom is 0.269 e. The number of aromatic nitrogens is 4. The molecule has 0 atom stereocenters. The van der Waals surface area contributed by atoms with E-state index in [0.717, 1.165) is 11.3 Å². The van der Waals surface area contributed by atoms with Crippen LogP contribution in [0.3, 0.4) is 0 Å². The Hall–Kier alpha value is -3.27. The van der Waals surface area contributed by atoms with Gasteiger partial charge in [-0.25, -0.2) is 0 Å². The van der Waals surface area contributed by atoms with E-state index in [2.05, 4.69) is 20.8 Å². The highest BCUT2D eigenvalue weighted by Crippen LogP contribution is 2.23. The normalized spacial score (nSPS) is 10.6. The summed E-state index contributed by atoms with van der Waals surface area (Å²) in [6.45, 7) is 3.66. The van der Waals surface area contributed by atoms with Crippen LogP contribution in [0.2, 0.25) is 0 Å². The zero-order valence-corrected chi connectivity index (χ0v) is 15.4. The summed E-state index contributed by atoms with van der Waals surface area (Å²) in [6, 6.07) is 12.0. The van der Waals surface area contributed by atoms with Gasteiger partial charge in [0.1, 0.15) is 0 Å². The third kappa shape index (κ3) is 4.29. The first-order valence-corrected chi connectivity index (χ1v) is 8.96. The third-order valence-electron chi connectivity index (χ3n) is 3.81. The van der Waals surface area contributed by atoms with E-state index in [9.17, 15) is 14.9 Å². The zero-order valence-electron chi connectivity index (χ0n) is 14.6. The molecule has 0 radical (unpaired) electrons. The number of carbonyl (C=O) groups is 1. The van der Waals surface area contributed by atoms with Crippen LogP contribution in [-0.2, 0) is 4.79 Å². The SMILES string of the molecule is Cc1cc([N+](=O)[O-])ccc1NC(=O)CSc1nnnn1-c1ccccc1C. The molecule has 0 aliphatic carbocycles. The number of tetrazole rings is 1. The average molecular weight is 384 g/mol. The van der Waals surface area contributed by atoms with Gasteiger partial charge in [0.05, 0.1) is 16.4 Å². The van der Waals surface area contributed by atoms with Gasteiger partial charge in [-0.3, -0.25) is 14.9 Å². The largest absolute Gasteiger partial charge is 0.325 e. The molecule has 1 aromatic heterocycles. The summed E-state index contributed by atoms with van der Waals surface area (Å²) in [7, 11) is 0. The Morgan fingerprint density at radius 2 is 2.00 bits per heavy atom. The number of non-ortho nitro benzene ring substituents is 1. The third-order valence-corrected chi connectivity index (χ3v) is 4.73. The Morgan fingerprint density at radius 3 is 2.70 bits per heavy atom. The summed E-state index contributed by atoms with van der Waals surface area (Å²) in [4.78, 5) is 22.6.